The third-order valence-electron chi connectivity index (χ3n) is 2.87. The fourth-order valence-electron chi connectivity index (χ4n) is 1.94. The van der Waals surface area contributed by atoms with Crippen LogP contribution >= 0.6 is 0 Å². The largest absolute Gasteiger partial charge is 0.460 e. The number of hydrogen-bond acceptors (Lipinski definition) is 3. The summed E-state index contributed by atoms with van der Waals surface area (Å²) >= 11 is 0. The lowest BCUT2D eigenvalue weighted by atomic mass is 10.2. The predicted octanol–water partition coefficient (Wildman–Crippen LogP) is 3.89. The summed E-state index contributed by atoms with van der Waals surface area (Å²) in [4.78, 5) is 12.2. The first-order valence-corrected chi connectivity index (χ1v) is 5.99. The molecule has 0 unspecified atom stereocenters. The molecule has 94 valence electrons. The minimum atomic E-state index is -0.164. The minimum absolute atomic E-state index is 0.164. The van der Waals surface area contributed by atoms with Gasteiger partial charge in [0.25, 0.3) is 0 Å². The zero-order chi connectivity index (χ0) is 13.2. The van der Waals surface area contributed by atoms with Crippen molar-refractivity contribution in [3.05, 3.63) is 70.6 Å². The molecule has 2 aromatic carbocycles. The van der Waals surface area contributed by atoms with Crippen molar-refractivity contribution in [2.45, 2.75) is 6.92 Å². The van der Waals surface area contributed by atoms with Gasteiger partial charge in [0, 0.05) is 0 Å². The van der Waals surface area contributed by atoms with Crippen LogP contribution in [-0.2, 0) is 0 Å². The van der Waals surface area contributed by atoms with Gasteiger partial charge in [-0.3, -0.25) is 4.79 Å². The zero-order valence-corrected chi connectivity index (χ0v) is 10.4. The van der Waals surface area contributed by atoms with Crippen LogP contribution in [0.2, 0.25) is 0 Å². The topological polar surface area (TPSA) is 39.4 Å². The standard InChI is InChI=1S/C16H12O3/c1-11-5-4-6-12(9-11)19-15-10-18-14-8-3-2-7-13(14)16(15)17/h2-10H,1H3. The second-order valence-electron chi connectivity index (χ2n) is 4.34. The maximum absolute atomic E-state index is 12.2. The second-order valence-corrected chi connectivity index (χ2v) is 4.34. The van der Waals surface area contributed by atoms with Crippen molar-refractivity contribution in [3.8, 4) is 11.5 Å². The Morgan fingerprint density at radius 2 is 1.89 bits per heavy atom. The molecule has 0 bridgehead atoms. The van der Waals surface area contributed by atoms with Gasteiger partial charge < -0.3 is 9.15 Å². The molecule has 0 aliphatic carbocycles. The Bertz CT molecular complexity index is 787. The van der Waals surface area contributed by atoms with Crippen LogP contribution in [0.15, 0.2) is 64.0 Å². The first-order valence-electron chi connectivity index (χ1n) is 5.99. The Morgan fingerprint density at radius 1 is 1.05 bits per heavy atom. The summed E-state index contributed by atoms with van der Waals surface area (Å²) in [6, 6.07) is 14.6. The highest BCUT2D eigenvalue weighted by molar-refractivity contribution is 5.77. The maximum Gasteiger partial charge on any atom is 0.235 e. The molecule has 0 saturated carbocycles. The van der Waals surface area contributed by atoms with Crippen LogP contribution in [0.25, 0.3) is 11.0 Å². The van der Waals surface area contributed by atoms with Crippen LogP contribution in [0.3, 0.4) is 0 Å². The molecular weight excluding hydrogens is 240 g/mol. The summed E-state index contributed by atoms with van der Waals surface area (Å²) in [6.45, 7) is 1.97. The van der Waals surface area contributed by atoms with Crippen LogP contribution < -0.4 is 10.2 Å². The number of fused-ring (bicyclic) bond motifs is 1. The van der Waals surface area contributed by atoms with Gasteiger partial charge in [-0.25, -0.2) is 0 Å². The van der Waals surface area contributed by atoms with Crippen molar-refractivity contribution in [3.63, 3.8) is 0 Å². The molecule has 0 amide bonds. The Kier molecular flexibility index (Phi) is 2.80. The third-order valence-corrected chi connectivity index (χ3v) is 2.87. The van der Waals surface area contributed by atoms with Gasteiger partial charge in [-0.2, -0.15) is 0 Å². The lowest BCUT2D eigenvalue weighted by molar-refractivity contribution is 0.451. The molecule has 3 nitrogen and oxygen atoms in total. The van der Waals surface area contributed by atoms with E-state index in [1.807, 2.05) is 37.3 Å². The fourth-order valence-corrected chi connectivity index (χ4v) is 1.94. The van der Waals surface area contributed by atoms with E-state index in [9.17, 15) is 4.79 Å². The van der Waals surface area contributed by atoms with E-state index in [0.29, 0.717) is 16.7 Å². The number of hydrogen-bond donors (Lipinski definition) is 0. The third kappa shape index (κ3) is 2.22. The van der Waals surface area contributed by atoms with Crippen LogP contribution in [0.1, 0.15) is 5.56 Å². The van der Waals surface area contributed by atoms with Crippen molar-refractivity contribution in [2.24, 2.45) is 0 Å². The van der Waals surface area contributed by atoms with Crippen molar-refractivity contribution in [1.82, 2.24) is 0 Å². The maximum atomic E-state index is 12.2. The molecule has 0 fully saturated rings. The predicted molar refractivity (Wildman–Crippen MR) is 73.7 cm³/mol. The molecule has 0 atom stereocenters. The van der Waals surface area contributed by atoms with Gasteiger partial charge in [0.2, 0.25) is 11.2 Å². The molecule has 0 N–H and O–H groups in total. The van der Waals surface area contributed by atoms with Crippen LogP contribution in [-0.4, -0.2) is 0 Å². The monoisotopic (exact) mass is 252 g/mol. The SMILES string of the molecule is Cc1cccc(Oc2coc3ccccc3c2=O)c1. The highest BCUT2D eigenvalue weighted by Crippen LogP contribution is 2.21. The van der Waals surface area contributed by atoms with Gasteiger partial charge in [0.1, 0.15) is 17.6 Å². The number of ether oxygens (including phenoxy) is 1. The van der Waals surface area contributed by atoms with Crippen molar-refractivity contribution < 1.29 is 9.15 Å². The second kappa shape index (κ2) is 4.61. The lowest BCUT2D eigenvalue weighted by Crippen LogP contribution is -2.04. The zero-order valence-electron chi connectivity index (χ0n) is 10.4. The molecule has 0 aliphatic rings. The normalized spacial score (nSPS) is 10.6. The van der Waals surface area contributed by atoms with E-state index in [1.165, 1.54) is 6.26 Å². The average Bonchev–Trinajstić information content (AvgIpc) is 2.42. The van der Waals surface area contributed by atoms with Gasteiger partial charge in [0.05, 0.1) is 5.39 Å². The van der Waals surface area contributed by atoms with Crippen molar-refractivity contribution >= 4 is 11.0 Å². The number of rotatable bonds is 2. The summed E-state index contributed by atoms with van der Waals surface area (Å²) in [5.41, 5.74) is 1.47. The highest BCUT2D eigenvalue weighted by Gasteiger charge is 2.08. The van der Waals surface area contributed by atoms with E-state index in [4.69, 9.17) is 9.15 Å². The van der Waals surface area contributed by atoms with Crippen molar-refractivity contribution in [2.75, 3.05) is 0 Å². The number of benzene rings is 2. The number of aryl methyl sites for hydroxylation is 1. The first kappa shape index (κ1) is 11.5. The Labute approximate surface area is 110 Å². The summed E-state index contributed by atoms with van der Waals surface area (Å²) in [7, 11) is 0. The molecule has 1 aromatic heterocycles. The van der Waals surface area contributed by atoms with Crippen LogP contribution in [0.4, 0.5) is 0 Å². The molecule has 0 spiro atoms. The van der Waals surface area contributed by atoms with E-state index in [-0.39, 0.29) is 11.2 Å². The van der Waals surface area contributed by atoms with E-state index < -0.39 is 0 Å². The average molecular weight is 252 g/mol. The molecule has 3 aromatic rings. The molecule has 3 heteroatoms. The molecule has 19 heavy (non-hydrogen) atoms. The van der Waals surface area contributed by atoms with E-state index in [1.54, 1.807) is 18.2 Å². The first-order chi connectivity index (χ1) is 9.24. The Morgan fingerprint density at radius 3 is 2.74 bits per heavy atom. The van der Waals surface area contributed by atoms with Crippen molar-refractivity contribution in [1.29, 1.82) is 0 Å². The van der Waals surface area contributed by atoms with Gasteiger partial charge in [-0.05, 0) is 36.8 Å². The highest BCUT2D eigenvalue weighted by atomic mass is 16.5. The summed E-state index contributed by atoms with van der Waals surface area (Å²) in [5, 5.41) is 0.521. The summed E-state index contributed by atoms with van der Waals surface area (Å²) < 4.78 is 11.0. The van der Waals surface area contributed by atoms with E-state index in [0.717, 1.165) is 5.56 Å². The van der Waals surface area contributed by atoms with Crippen LogP contribution in [0, 0.1) is 6.92 Å². The molecule has 0 aliphatic heterocycles. The van der Waals surface area contributed by atoms with Gasteiger partial charge in [-0.15, -0.1) is 0 Å². The molecule has 0 radical (unpaired) electrons. The minimum Gasteiger partial charge on any atom is -0.460 e. The molecule has 3 rings (SSSR count). The number of para-hydroxylation sites is 1. The smallest absolute Gasteiger partial charge is 0.235 e. The van der Waals surface area contributed by atoms with Gasteiger partial charge >= 0.3 is 0 Å². The van der Waals surface area contributed by atoms with E-state index >= 15 is 0 Å². The Hall–Kier alpha value is -2.55. The quantitative estimate of drug-likeness (QED) is 0.694. The van der Waals surface area contributed by atoms with Gasteiger partial charge in [0.15, 0.2) is 0 Å². The van der Waals surface area contributed by atoms with Gasteiger partial charge in [-0.1, -0.05) is 24.3 Å². The van der Waals surface area contributed by atoms with Crippen LogP contribution in [0.5, 0.6) is 11.5 Å². The van der Waals surface area contributed by atoms with E-state index in [2.05, 4.69) is 0 Å². The molecular formula is C16H12O3. The fraction of sp³-hybridized carbons (Fsp3) is 0.0625. The molecule has 1 heterocycles. The summed E-state index contributed by atoms with van der Waals surface area (Å²) in [6.07, 6.45) is 1.35. The molecule has 0 saturated heterocycles. The lowest BCUT2D eigenvalue weighted by Gasteiger charge is -2.05. The Balaban J connectivity index is 2.06. The summed E-state index contributed by atoms with van der Waals surface area (Å²) in [5.74, 6) is 0.826.